The number of rotatable bonds is 7. The molecule has 1 aromatic carbocycles. The first-order valence-corrected chi connectivity index (χ1v) is 9.61. The van der Waals surface area contributed by atoms with Crippen molar-refractivity contribution in [3.05, 3.63) is 52.1 Å². The third-order valence-electron chi connectivity index (χ3n) is 4.12. The summed E-state index contributed by atoms with van der Waals surface area (Å²) >= 11 is 1.32. The topological polar surface area (TPSA) is 110 Å². The largest absolute Gasteiger partial charge is 0.464 e. The van der Waals surface area contributed by atoms with E-state index < -0.39 is 17.9 Å². The number of carbonyl (C=O) groups excluding carboxylic acids is 2. The van der Waals surface area contributed by atoms with Crippen molar-refractivity contribution in [3.63, 3.8) is 0 Å². The third kappa shape index (κ3) is 4.35. The molecular weight excluding hydrogens is 364 g/mol. The summed E-state index contributed by atoms with van der Waals surface area (Å²) in [7, 11) is 0. The number of aromatic amines is 1. The molecular formula is C19H22N4O3S. The summed E-state index contributed by atoms with van der Waals surface area (Å²) in [6, 6.07) is 6.75. The normalized spacial score (nSPS) is 13.3. The number of para-hydroxylation sites is 1. The summed E-state index contributed by atoms with van der Waals surface area (Å²) in [4.78, 5) is 32.4. The van der Waals surface area contributed by atoms with Gasteiger partial charge in [-0.05, 0) is 25.5 Å². The minimum Gasteiger partial charge on any atom is -0.464 e. The van der Waals surface area contributed by atoms with Crippen LogP contribution in [0.3, 0.4) is 0 Å². The van der Waals surface area contributed by atoms with Crippen LogP contribution in [0.2, 0.25) is 0 Å². The average molecular weight is 386 g/mol. The van der Waals surface area contributed by atoms with E-state index >= 15 is 0 Å². The zero-order valence-corrected chi connectivity index (χ0v) is 16.0. The highest BCUT2D eigenvalue weighted by Gasteiger charge is 2.25. The van der Waals surface area contributed by atoms with E-state index in [2.05, 4.69) is 15.3 Å². The number of aromatic nitrogens is 2. The zero-order valence-electron chi connectivity index (χ0n) is 15.2. The van der Waals surface area contributed by atoms with Crippen LogP contribution < -0.4 is 11.1 Å². The van der Waals surface area contributed by atoms with Crippen molar-refractivity contribution in [2.75, 3.05) is 6.61 Å². The van der Waals surface area contributed by atoms with Gasteiger partial charge in [-0.1, -0.05) is 18.2 Å². The van der Waals surface area contributed by atoms with Gasteiger partial charge >= 0.3 is 5.97 Å². The van der Waals surface area contributed by atoms with E-state index in [1.165, 1.54) is 11.3 Å². The Morgan fingerprint density at radius 2 is 2.15 bits per heavy atom. The van der Waals surface area contributed by atoms with E-state index in [0.29, 0.717) is 11.4 Å². The molecule has 0 saturated heterocycles. The van der Waals surface area contributed by atoms with E-state index in [4.69, 9.17) is 10.5 Å². The maximum atomic E-state index is 12.6. The van der Waals surface area contributed by atoms with E-state index in [-0.39, 0.29) is 18.3 Å². The maximum absolute atomic E-state index is 12.6. The maximum Gasteiger partial charge on any atom is 0.328 e. The fourth-order valence-corrected chi connectivity index (χ4v) is 3.55. The van der Waals surface area contributed by atoms with Gasteiger partial charge in [0, 0.05) is 28.9 Å². The van der Waals surface area contributed by atoms with Gasteiger partial charge in [-0.25, -0.2) is 9.78 Å². The molecule has 0 aliphatic carbocycles. The van der Waals surface area contributed by atoms with Crippen molar-refractivity contribution in [2.24, 2.45) is 5.73 Å². The number of thiazole rings is 1. The van der Waals surface area contributed by atoms with Gasteiger partial charge in [0.05, 0.1) is 12.6 Å². The van der Waals surface area contributed by atoms with Gasteiger partial charge < -0.3 is 20.8 Å². The molecule has 0 saturated carbocycles. The molecule has 2 aromatic heterocycles. The zero-order chi connectivity index (χ0) is 19.4. The summed E-state index contributed by atoms with van der Waals surface area (Å²) in [6.45, 7) is 3.78. The molecule has 1 amide bonds. The molecule has 7 nitrogen and oxygen atoms in total. The first kappa shape index (κ1) is 19.1. The lowest BCUT2D eigenvalue weighted by atomic mass is 10.0. The molecule has 2 unspecified atom stereocenters. The summed E-state index contributed by atoms with van der Waals surface area (Å²) < 4.78 is 5.14. The lowest BCUT2D eigenvalue weighted by Crippen LogP contribution is -2.43. The number of esters is 1. The number of ether oxygens (including phenoxy) is 1. The molecule has 0 aliphatic rings. The van der Waals surface area contributed by atoms with Crippen LogP contribution in [0.15, 0.2) is 35.8 Å². The molecule has 2 atom stereocenters. The van der Waals surface area contributed by atoms with Gasteiger partial charge in [-0.3, -0.25) is 4.79 Å². The fraction of sp³-hybridized carbons (Fsp3) is 0.316. The minimum absolute atomic E-state index is 0.241. The van der Waals surface area contributed by atoms with Crippen LogP contribution in [0.1, 0.15) is 40.9 Å². The summed E-state index contributed by atoms with van der Waals surface area (Å²) in [5, 5.41) is 6.07. The number of hydrogen-bond donors (Lipinski definition) is 3. The molecule has 0 bridgehead atoms. The Hall–Kier alpha value is -2.71. The second-order valence-electron chi connectivity index (χ2n) is 6.20. The van der Waals surface area contributed by atoms with Crippen LogP contribution in [0, 0.1) is 0 Å². The highest BCUT2D eigenvalue weighted by atomic mass is 32.1. The molecule has 2 heterocycles. The van der Waals surface area contributed by atoms with Crippen LogP contribution in [0.5, 0.6) is 0 Å². The first-order valence-electron chi connectivity index (χ1n) is 8.73. The van der Waals surface area contributed by atoms with Crippen molar-refractivity contribution < 1.29 is 14.3 Å². The SMILES string of the molecule is CCOC(=O)C(Cc1c[nH]c2ccccc12)NC(=O)c1csc(C(C)N)n1. The highest BCUT2D eigenvalue weighted by molar-refractivity contribution is 7.09. The Morgan fingerprint density at radius 3 is 2.85 bits per heavy atom. The summed E-state index contributed by atoms with van der Waals surface area (Å²) in [5.41, 5.74) is 7.95. The third-order valence-corrected chi connectivity index (χ3v) is 5.17. The van der Waals surface area contributed by atoms with Gasteiger partial charge in [0.25, 0.3) is 5.91 Å². The Balaban J connectivity index is 1.80. The van der Waals surface area contributed by atoms with E-state index in [9.17, 15) is 9.59 Å². The molecule has 3 rings (SSSR count). The number of fused-ring (bicyclic) bond motifs is 1. The molecule has 4 N–H and O–H groups in total. The Morgan fingerprint density at radius 1 is 1.37 bits per heavy atom. The van der Waals surface area contributed by atoms with E-state index in [1.54, 1.807) is 19.2 Å². The average Bonchev–Trinajstić information content (AvgIpc) is 3.29. The van der Waals surface area contributed by atoms with Gasteiger partial charge in [0.2, 0.25) is 0 Å². The van der Waals surface area contributed by atoms with Crippen molar-refractivity contribution >= 4 is 34.1 Å². The molecule has 142 valence electrons. The molecule has 3 aromatic rings. The summed E-state index contributed by atoms with van der Waals surface area (Å²) in [5.74, 6) is -0.894. The number of nitrogens with zero attached hydrogens (tertiary/aromatic N) is 1. The van der Waals surface area contributed by atoms with Crippen LogP contribution in [0.25, 0.3) is 10.9 Å². The Labute approximate surface area is 160 Å². The quantitative estimate of drug-likeness (QED) is 0.541. The van der Waals surface area contributed by atoms with Gasteiger partial charge in [-0.2, -0.15) is 0 Å². The highest BCUT2D eigenvalue weighted by Crippen LogP contribution is 2.20. The number of carbonyl (C=O) groups is 2. The van der Waals surface area contributed by atoms with Crippen molar-refractivity contribution in [2.45, 2.75) is 32.4 Å². The Bertz CT molecular complexity index is 947. The molecule has 0 fully saturated rings. The van der Waals surface area contributed by atoms with Crippen LogP contribution in [0.4, 0.5) is 0 Å². The minimum atomic E-state index is -0.808. The smallest absolute Gasteiger partial charge is 0.328 e. The molecule has 0 aliphatic heterocycles. The predicted octanol–water partition coefficient (Wildman–Crippen LogP) is 2.55. The van der Waals surface area contributed by atoms with Crippen LogP contribution in [-0.4, -0.2) is 34.5 Å². The standard InChI is InChI=1S/C19H22N4O3S/c1-3-26-19(25)15(8-12-9-21-14-7-5-4-6-13(12)14)22-17(24)16-10-27-18(23-16)11(2)20/h4-7,9-11,15,21H,3,8,20H2,1-2H3,(H,22,24). The number of H-pyrrole nitrogens is 1. The fourth-order valence-electron chi connectivity index (χ4n) is 2.79. The molecule has 8 heteroatoms. The summed E-state index contributed by atoms with van der Waals surface area (Å²) in [6.07, 6.45) is 2.17. The molecule has 0 radical (unpaired) electrons. The van der Waals surface area contributed by atoms with Crippen molar-refractivity contribution in [1.82, 2.24) is 15.3 Å². The van der Waals surface area contributed by atoms with Gasteiger partial charge in [0.15, 0.2) is 0 Å². The molecule has 0 spiro atoms. The second kappa shape index (κ2) is 8.32. The number of hydrogen-bond acceptors (Lipinski definition) is 6. The lowest BCUT2D eigenvalue weighted by molar-refractivity contribution is -0.145. The van der Waals surface area contributed by atoms with E-state index in [0.717, 1.165) is 16.5 Å². The monoisotopic (exact) mass is 386 g/mol. The lowest BCUT2D eigenvalue weighted by Gasteiger charge is -2.16. The van der Waals surface area contributed by atoms with Crippen LogP contribution in [-0.2, 0) is 16.0 Å². The van der Waals surface area contributed by atoms with Crippen molar-refractivity contribution in [1.29, 1.82) is 0 Å². The Kier molecular flexibility index (Phi) is 5.88. The molecule has 27 heavy (non-hydrogen) atoms. The van der Waals surface area contributed by atoms with Crippen molar-refractivity contribution in [3.8, 4) is 0 Å². The second-order valence-corrected chi connectivity index (χ2v) is 7.09. The number of benzene rings is 1. The number of nitrogens with two attached hydrogens (primary N) is 1. The predicted molar refractivity (Wildman–Crippen MR) is 105 cm³/mol. The van der Waals surface area contributed by atoms with Crippen LogP contribution >= 0.6 is 11.3 Å². The van der Waals surface area contributed by atoms with Gasteiger partial charge in [0.1, 0.15) is 16.7 Å². The number of amides is 1. The van der Waals surface area contributed by atoms with E-state index in [1.807, 2.05) is 30.5 Å². The van der Waals surface area contributed by atoms with Gasteiger partial charge in [-0.15, -0.1) is 11.3 Å². The first-order chi connectivity index (χ1) is 13.0. The number of nitrogens with one attached hydrogen (secondary N) is 2.